The third-order valence-corrected chi connectivity index (χ3v) is 7.56. The average molecular weight is 525 g/mol. The number of carbonyl (C=O) groups is 1. The van der Waals surface area contributed by atoms with E-state index in [4.69, 9.17) is 4.74 Å². The number of carbonyl (C=O) groups excluding carboxylic acids is 1. The van der Waals surface area contributed by atoms with Crippen molar-refractivity contribution < 1.29 is 22.7 Å². The maximum atomic E-state index is 13.0. The predicted octanol–water partition coefficient (Wildman–Crippen LogP) is 6.23. The van der Waals surface area contributed by atoms with Gasteiger partial charge in [-0.05, 0) is 54.2 Å². The van der Waals surface area contributed by atoms with Gasteiger partial charge >= 0.3 is 6.18 Å². The first-order chi connectivity index (χ1) is 17.9. The number of amides is 1. The number of aromatic nitrogens is 1. The number of likely N-dealkylation sites (N-methyl/N-ethyl adjacent to an activating group) is 1. The van der Waals surface area contributed by atoms with Gasteiger partial charge in [0.2, 0.25) is 5.91 Å². The predicted molar refractivity (Wildman–Crippen MR) is 141 cm³/mol. The average Bonchev–Trinajstić information content (AvgIpc) is 3.20. The number of anilines is 3. The lowest BCUT2D eigenvalue weighted by Crippen LogP contribution is -2.49. The number of pyridine rings is 1. The molecule has 0 saturated carbocycles. The topological polar surface area (TPSA) is 66.5 Å². The first kappa shape index (κ1) is 26.0. The Morgan fingerprint density at radius 3 is 2.55 bits per heavy atom. The fourth-order valence-electron chi connectivity index (χ4n) is 5.50. The molecule has 200 valence electrons. The van der Waals surface area contributed by atoms with Crippen molar-refractivity contribution in [2.45, 2.75) is 58.7 Å². The lowest BCUT2D eigenvalue weighted by molar-refractivity contribution is -0.137. The molecular weight excluding hydrogens is 493 g/mol. The van der Waals surface area contributed by atoms with Gasteiger partial charge in [-0.15, -0.1) is 0 Å². The smallest absolute Gasteiger partial charge is 0.366 e. The molecule has 2 atom stereocenters. The Hall–Kier alpha value is -3.59. The van der Waals surface area contributed by atoms with Gasteiger partial charge in [-0.25, -0.2) is 4.98 Å². The molecule has 2 aromatic carbocycles. The summed E-state index contributed by atoms with van der Waals surface area (Å²) < 4.78 is 45.1. The second-order valence-corrected chi connectivity index (χ2v) is 10.5. The number of rotatable bonds is 5. The second kappa shape index (κ2) is 9.31. The highest BCUT2D eigenvalue weighted by molar-refractivity contribution is 6.04. The Kier molecular flexibility index (Phi) is 6.38. The minimum atomic E-state index is -4.37. The molecule has 2 aliphatic rings. The molecule has 2 N–H and O–H groups in total. The third-order valence-electron chi connectivity index (χ3n) is 7.56. The number of nitrogens with one attached hydrogen (secondary N) is 2. The zero-order valence-electron chi connectivity index (χ0n) is 22.0. The molecule has 9 heteroatoms. The van der Waals surface area contributed by atoms with Crippen LogP contribution in [0.1, 0.15) is 54.3 Å². The van der Waals surface area contributed by atoms with Crippen molar-refractivity contribution in [1.82, 2.24) is 4.98 Å². The van der Waals surface area contributed by atoms with Gasteiger partial charge in [0, 0.05) is 19.7 Å². The Morgan fingerprint density at radius 1 is 1.18 bits per heavy atom. The fraction of sp³-hybridized carbons (Fsp3) is 0.379. The van der Waals surface area contributed by atoms with E-state index < -0.39 is 17.3 Å². The van der Waals surface area contributed by atoms with Gasteiger partial charge in [0.15, 0.2) is 0 Å². The maximum absolute atomic E-state index is 13.0. The van der Waals surface area contributed by atoms with E-state index >= 15 is 0 Å². The number of hydrogen-bond acceptors (Lipinski definition) is 5. The Balaban J connectivity index is 1.34. The number of aryl methyl sites for hydroxylation is 1. The third kappa shape index (κ3) is 4.49. The molecule has 1 unspecified atom stereocenters. The molecule has 0 aliphatic carbocycles. The molecular formula is C29H31F3N4O2. The summed E-state index contributed by atoms with van der Waals surface area (Å²) in [5.41, 5.74) is 4.56. The molecule has 3 aromatic rings. The van der Waals surface area contributed by atoms with Crippen molar-refractivity contribution in [2.75, 3.05) is 22.6 Å². The maximum Gasteiger partial charge on any atom is 0.416 e. The van der Waals surface area contributed by atoms with E-state index in [2.05, 4.69) is 21.7 Å². The summed E-state index contributed by atoms with van der Waals surface area (Å²) in [4.78, 5) is 19.2. The number of halogens is 3. The van der Waals surface area contributed by atoms with Crippen molar-refractivity contribution >= 4 is 23.1 Å². The number of benzene rings is 2. The monoisotopic (exact) mass is 524 g/mol. The van der Waals surface area contributed by atoms with Crippen LogP contribution in [0.4, 0.5) is 30.4 Å². The summed E-state index contributed by atoms with van der Waals surface area (Å²) in [5.74, 6) is 0.835. The van der Waals surface area contributed by atoms with Crippen molar-refractivity contribution in [3.8, 4) is 0 Å². The van der Waals surface area contributed by atoms with Crippen molar-refractivity contribution in [2.24, 2.45) is 5.92 Å². The van der Waals surface area contributed by atoms with Crippen LogP contribution in [-0.2, 0) is 34.5 Å². The van der Waals surface area contributed by atoms with Crippen LogP contribution in [0.15, 0.2) is 48.5 Å². The van der Waals surface area contributed by atoms with Crippen LogP contribution in [0.25, 0.3) is 0 Å². The summed E-state index contributed by atoms with van der Waals surface area (Å²) in [6.45, 7) is 8.72. The normalized spacial score (nSPS) is 20.8. The molecule has 2 aliphatic heterocycles. The number of alkyl halides is 3. The molecule has 1 amide bonds. The van der Waals surface area contributed by atoms with Gasteiger partial charge in [-0.2, -0.15) is 13.2 Å². The van der Waals surface area contributed by atoms with Crippen LogP contribution in [-0.4, -0.2) is 24.0 Å². The highest BCUT2D eigenvalue weighted by Gasteiger charge is 2.38. The Bertz CT molecular complexity index is 1390. The quantitative estimate of drug-likeness (QED) is 0.414. The van der Waals surface area contributed by atoms with E-state index in [1.807, 2.05) is 57.8 Å². The number of hydrogen-bond donors (Lipinski definition) is 2. The highest BCUT2D eigenvalue weighted by Crippen LogP contribution is 2.43. The minimum Gasteiger partial charge on any atom is -0.366 e. The first-order valence-electron chi connectivity index (χ1n) is 12.6. The molecule has 6 nitrogen and oxygen atoms in total. The van der Waals surface area contributed by atoms with Gasteiger partial charge in [0.1, 0.15) is 17.5 Å². The van der Waals surface area contributed by atoms with Gasteiger partial charge in [-0.3, -0.25) is 4.79 Å². The lowest BCUT2D eigenvalue weighted by atomic mass is 9.86. The van der Waals surface area contributed by atoms with Crippen LogP contribution in [0.3, 0.4) is 0 Å². The summed E-state index contributed by atoms with van der Waals surface area (Å²) >= 11 is 0. The summed E-state index contributed by atoms with van der Waals surface area (Å²) in [7, 11) is 1.93. The van der Waals surface area contributed by atoms with E-state index in [9.17, 15) is 18.0 Å². The van der Waals surface area contributed by atoms with Crippen LogP contribution in [0.5, 0.6) is 0 Å². The van der Waals surface area contributed by atoms with Gasteiger partial charge in [0.05, 0.1) is 29.2 Å². The van der Waals surface area contributed by atoms with E-state index in [0.717, 1.165) is 45.9 Å². The summed E-state index contributed by atoms with van der Waals surface area (Å²) in [6, 6.07) is 12.9. The molecule has 5 rings (SSSR count). The Morgan fingerprint density at radius 2 is 1.89 bits per heavy atom. The number of ether oxygens (including phenoxy) is 1. The van der Waals surface area contributed by atoms with Crippen molar-refractivity contribution in [3.05, 3.63) is 82.0 Å². The van der Waals surface area contributed by atoms with Gasteiger partial charge in [-0.1, -0.05) is 44.2 Å². The van der Waals surface area contributed by atoms with E-state index in [-0.39, 0.29) is 17.9 Å². The lowest BCUT2D eigenvalue weighted by Gasteiger charge is -2.38. The van der Waals surface area contributed by atoms with E-state index in [1.54, 1.807) is 0 Å². The molecule has 0 saturated heterocycles. The van der Waals surface area contributed by atoms with Crippen molar-refractivity contribution in [1.29, 1.82) is 0 Å². The fourth-order valence-corrected chi connectivity index (χ4v) is 5.50. The molecule has 0 radical (unpaired) electrons. The van der Waals surface area contributed by atoms with E-state index in [0.29, 0.717) is 24.5 Å². The Labute approximate surface area is 220 Å². The molecule has 38 heavy (non-hydrogen) atoms. The van der Waals surface area contributed by atoms with Crippen LogP contribution < -0.4 is 15.5 Å². The van der Waals surface area contributed by atoms with Crippen LogP contribution in [0, 0.1) is 12.8 Å². The van der Waals surface area contributed by atoms with Gasteiger partial charge in [0.25, 0.3) is 0 Å². The second-order valence-electron chi connectivity index (χ2n) is 10.5. The number of fused-ring (bicyclic) bond motifs is 2. The van der Waals surface area contributed by atoms with Crippen LogP contribution >= 0.6 is 0 Å². The van der Waals surface area contributed by atoms with Crippen LogP contribution in [0.2, 0.25) is 0 Å². The summed E-state index contributed by atoms with van der Waals surface area (Å²) in [5, 5.41) is 6.40. The summed E-state index contributed by atoms with van der Waals surface area (Å²) in [6.07, 6.45) is -4.37. The molecule has 0 spiro atoms. The molecule has 0 bridgehead atoms. The van der Waals surface area contributed by atoms with Gasteiger partial charge < -0.3 is 20.3 Å². The molecule has 1 aromatic heterocycles. The molecule has 3 heterocycles. The largest absolute Gasteiger partial charge is 0.416 e. The zero-order chi connectivity index (χ0) is 27.4. The van der Waals surface area contributed by atoms with E-state index in [1.165, 1.54) is 12.1 Å². The number of nitrogens with zero attached hydrogens (tertiary/aromatic N) is 2. The standard InChI is InChI=1S/C29H31F3N4O2/c1-16(2)26-27(37)35-25-17(3)34-24(13-23(25)36(26)5)33-14-18-6-11-22-19(12-18)15-38-28(22,4)20-7-9-21(10-8-20)29(30,31)32/h6-13,16,26H,14-15H2,1-5H3,(H,33,34)(H,35,37)/t26?,28-/m1/s1. The zero-order valence-corrected chi connectivity index (χ0v) is 22.0. The van der Waals surface area contributed by atoms with Crippen molar-refractivity contribution in [3.63, 3.8) is 0 Å². The highest BCUT2D eigenvalue weighted by atomic mass is 19.4. The molecule has 0 fully saturated rings. The minimum absolute atomic E-state index is 0.0238. The SMILES string of the molecule is Cc1nc(NCc2ccc3c(c2)CO[C@]3(C)c2ccc(C(F)(F)F)cc2)cc2c1NC(=O)C(C(C)C)N2C. The first-order valence-corrected chi connectivity index (χ1v) is 12.6.